The van der Waals surface area contributed by atoms with Crippen LogP contribution in [0.1, 0.15) is 5.82 Å². The van der Waals surface area contributed by atoms with Crippen molar-refractivity contribution in [2.75, 3.05) is 6.54 Å². The van der Waals surface area contributed by atoms with Gasteiger partial charge in [0.05, 0.1) is 5.02 Å². The molecular weight excluding hydrogens is 295 g/mol. The van der Waals surface area contributed by atoms with Gasteiger partial charge in [-0.1, -0.05) is 11.6 Å². The van der Waals surface area contributed by atoms with Crippen molar-refractivity contribution in [3.8, 4) is 0 Å². The minimum Gasteiger partial charge on any atom is -0.263 e. The summed E-state index contributed by atoms with van der Waals surface area (Å²) in [5, 5.41) is 6.21. The summed E-state index contributed by atoms with van der Waals surface area (Å²) in [5.41, 5.74) is 0. The highest BCUT2D eigenvalue weighted by atomic mass is 35.5. The molecule has 6 nitrogen and oxygen atoms in total. The van der Waals surface area contributed by atoms with Crippen molar-refractivity contribution in [1.29, 1.82) is 0 Å². The number of nitrogens with one attached hydrogen (secondary N) is 2. The van der Waals surface area contributed by atoms with Gasteiger partial charge in [-0.05, 0) is 18.2 Å². The monoisotopic (exact) mass is 304 g/mol. The molecule has 2 N–H and O–H groups in total. The predicted octanol–water partition coefficient (Wildman–Crippen LogP) is 1.12. The normalized spacial score (nSPS) is 11.7. The second-order valence-corrected chi connectivity index (χ2v) is 5.80. The molecule has 0 unspecified atom stereocenters. The Hall–Kier alpha value is -1.51. The molecule has 19 heavy (non-hydrogen) atoms. The molecule has 0 fully saturated rings. The summed E-state index contributed by atoms with van der Waals surface area (Å²) in [4.78, 5) is 3.57. The van der Waals surface area contributed by atoms with Gasteiger partial charge in [0.25, 0.3) is 0 Å². The zero-order valence-corrected chi connectivity index (χ0v) is 11.2. The lowest BCUT2D eigenvalue weighted by Crippen LogP contribution is -2.26. The third-order valence-corrected chi connectivity index (χ3v) is 4.24. The Kier molecular flexibility index (Phi) is 4.13. The van der Waals surface area contributed by atoms with Crippen LogP contribution in [0.5, 0.6) is 0 Å². The van der Waals surface area contributed by atoms with Crippen molar-refractivity contribution in [2.24, 2.45) is 0 Å². The number of benzene rings is 1. The molecule has 0 aliphatic rings. The van der Waals surface area contributed by atoms with Crippen LogP contribution in [0.3, 0.4) is 0 Å². The van der Waals surface area contributed by atoms with E-state index < -0.39 is 15.8 Å². The van der Waals surface area contributed by atoms with Crippen LogP contribution in [0.15, 0.2) is 29.4 Å². The van der Waals surface area contributed by atoms with Gasteiger partial charge in [-0.2, -0.15) is 5.10 Å². The number of aromatic amines is 1. The number of hydrogen-bond acceptors (Lipinski definition) is 4. The fourth-order valence-corrected chi connectivity index (χ4v) is 2.96. The van der Waals surface area contributed by atoms with Crippen LogP contribution in [0.4, 0.5) is 4.39 Å². The van der Waals surface area contributed by atoms with Crippen LogP contribution >= 0.6 is 11.6 Å². The molecule has 9 heteroatoms. The first-order valence-corrected chi connectivity index (χ1v) is 7.14. The largest absolute Gasteiger partial charge is 0.263 e. The van der Waals surface area contributed by atoms with Crippen molar-refractivity contribution in [3.05, 3.63) is 41.2 Å². The summed E-state index contributed by atoms with van der Waals surface area (Å²) >= 11 is 5.74. The van der Waals surface area contributed by atoms with Gasteiger partial charge in [-0.3, -0.25) is 5.10 Å². The van der Waals surface area contributed by atoms with E-state index in [1.54, 1.807) is 0 Å². The zero-order chi connectivity index (χ0) is 13.9. The van der Waals surface area contributed by atoms with Crippen molar-refractivity contribution < 1.29 is 12.8 Å². The summed E-state index contributed by atoms with van der Waals surface area (Å²) in [7, 11) is -3.85. The first-order valence-electron chi connectivity index (χ1n) is 5.28. The standard InChI is InChI=1S/C10H10ClFN4O2S/c11-8-2-1-7(12)5-9(8)19(17,18)15-4-3-10-13-6-14-16-10/h1-2,5-6,15H,3-4H2,(H,13,14,16). The fourth-order valence-electron chi connectivity index (χ4n) is 1.42. The molecule has 2 aromatic rings. The van der Waals surface area contributed by atoms with Gasteiger partial charge in [0.15, 0.2) is 0 Å². The van der Waals surface area contributed by atoms with Crippen molar-refractivity contribution >= 4 is 21.6 Å². The van der Waals surface area contributed by atoms with Gasteiger partial charge in [0.2, 0.25) is 10.0 Å². The second kappa shape index (κ2) is 5.64. The van der Waals surface area contributed by atoms with E-state index in [9.17, 15) is 12.8 Å². The van der Waals surface area contributed by atoms with Crippen LogP contribution in [0.25, 0.3) is 0 Å². The van der Waals surface area contributed by atoms with E-state index in [-0.39, 0.29) is 16.5 Å². The Morgan fingerprint density at radius 3 is 2.89 bits per heavy atom. The molecule has 0 spiro atoms. The number of aromatic nitrogens is 3. The van der Waals surface area contributed by atoms with E-state index in [0.717, 1.165) is 12.1 Å². The van der Waals surface area contributed by atoms with Gasteiger partial charge in [-0.15, -0.1) is 0 Å². The summed E-state index contributed by atoms with van der Waals surface area (Å²) in [5.74, 6) is -0.118. The number of nitrogens with zero attached hydrogens (tertiary/aromatic N) is 2. The van der Waals surface area contributed by atoms with E-state index in [2.05, 4.69) is 19.9 Å². The smallest absolute Gasteiger partial charge is 0.242 e. The van der Waals surface area contributed by atoms with Gasteiger partial charge < -0.3 is 0 Å². The van der Waals surface area contributed by atoms with E-state index in [1.165, 1.54) is 12.4 Å². The fraction of sp³-hybridized carbons (Fsp3) is 0.200. The number of hydrogen-bond donors (Lipinski definition) is 2. The predicted molar refractivity (Wildman–Crippen MR) is 66.7 cm³/mol. The Labute approximate surface area is 114 Å². The lowest BCUT2D eigenvalue weighted by molar-refractivity contribution is 0.577. The third kappa shape index (κ3) is 3.49. The highest BCUT2D eigenvalue weighted by molar-refractivity contribution is 7.89. The Morgan fingerprint density at radius 1 is 1.42 bits per heavy atom. The average Bonchev–Trinajstić information content (AvgIpc) is 2.85. The minimum atomic E-state index is -3.85. The third-order valence-electron chi connectivity index (χ3n) is 2.30. The van der Waals surface area contributed by atoms with Gasteiger partial charge >= 0.3 is 0 Å². The maximum atomic E-state index is 13.0. The van der Waals surface area contributed by atoms with Crippen molar-refractivity contribution in [3.63, 3.8) is 0 Å². The first-order chi connectivity index (χ1) is 8.99. The second-order valence-electron chi connectivity index (χ2n) is 3.65. The van der Waals surface area contributed by atoms with Gasteiger partial charge in [0.1, 0.15) is 22.9 Å². The van der Waals surface area contributed by atoms with Crippen LogP contribution in [0, 0.1) is 5.82 Å². The Morgan fingerprint density at radius 2 is 2.21 bits per heavy atom. The summed E-state index contributed by atoms with van der Waals surface area (Å²) < 4.78 is 39.2. The molecule has 1 heterocycles. The topological polar surface area (TPSA) is 87.7 Å². The molecule has 0 bridgehead atoms. The molecule has 0 atom stereocenters. The molecule has 0 saturated carbocycles. The Balaban J connectivity index is 2.07. The molecule has 0 aliphatic carbocycles. The summed E-state index contributed by atoms with van der Waals surface area (Å²) in [6.45, 7) is 0.102. The molecule has 0 aliphatic heterocycles. The quantitative estimate of drug-likeness (QED) is 0.866. The first kappa shape index (κ1) is 13.9. The van der Waals surface area contributed by atoms with E-state index in [1.807, 2.05) is 0 Å². The number of sulfonamides is 1. The van der Waals surface area contributed by atoms with Crippen molar-refractivity contribution in [1.82, 2.24) is 19.9 Å². The van der Waals surface area contributed by atoms with Crippen LogP contribution in [0.2, 0.25) is 5.02 Å². The SMILES string of the molecule is O=S(=O)(NCCc1ncn[nH]1)c1cc(F)ccc1Cl. The van der Waals surface area contributed by atoms with E-state index >= 15 is 0 Å². The lowest BCUT2D eigenvalue weighted by atomic mass is 10.3. The molecule has 1 aromatic heterocycles. The average molecular weight is 305 g/mol. The highest BCUT2D eigenvalue weighted by Gasteiger charge is 2.18. The van der Waals surface area contributed by atoms with Crippen LogP contribution < -0.4 is 4.72 Å². The zero-order valence-electron chi connectivity index (χ0n) is 9.60. The highest BCUT2D eigenvalue weighted by Crippen LogP contribution is 2.21. The maximum absolute atomic E-state index is 13.0. The Bertz CT molecular complexity index is 660. The molecule has 0 radical (unpaired) electrons. The molecule has 0 amide bonds. The van der Waals surface area contributed by atoms with Crippen LogP contribution in [-0.2, 0) is 16.4 Å². The summed E-state index contributed by atoms with van der Waals surface area (Å²) in [6.07, 6.45) is 1.67. The van der Waals surface area contributed by atoms with Gasteiger partial charge in [-0.25, -0.2) is 22.5 Å². The van der Waals surface area contributed by atoms with Gasteiger partial charge in [0, 0.05) is 13.0 Å². The lowest BCUT2D eigenvalue weighted by Gasteiger charge is -2.07. The number of rotatable bonds is 5. The molecule has 0 saturated heterocycles. The van der Waals surface area contributed by atoms with E-state index in [4.69, 9.17) is 11.6 Å². The maximum Gasteiger partial charge on any atom is 0.242 e. The summed E-state index contributed by atoms with van der Waals surface area (Å²) in [6, 6.07) is 3.16. The van der Waals surface area contributed by atoms with Crippen LogP contribution in [-0.4, -0.2) is 30.1 Å². The van der Waals surface area contributed by atoms with E-state index in [0.29, 0.717) is 12.2 Å². The molecule has 1 aromatic carbocycles. The minimum absolute atomic E-state index is 0.0337. The number of halogens is 2. The molecule has 102 valence electrons. The molecular formula is C10H10ClFN4O2S. The van der Waals surface area contributed by atoms with Crippen molar-refractivity contribution in [2.45, 2.75) is 11.3 Å². The number of H-pyrrole nitrogens is 1. The molecule has 2 rings (SSSR count).